The molecule has 0 saturated carbocycles. The van der Waals surface area contributed by atoms with Crippen LogP contribution in [0.2, 0.25) is 0 Å². The summed E-state index contributed by atoms with van der Waals surface area (Å²) in [6.45, 7) is 9.46. The standard InChI is InChI=1S/C25H38N6O3/c1-17(2)23(24(26)32)29-25-19-8-4-5-9-20(19)27-21(28-25)16-31-13-11-30(12-14-31)15-18-7-6-10-22(33-3)34-18/h4-5,8-9,17-18,22-23H,6-7,10-16H2,1-3H3,(H2,26,32)(H,27,28,29)/t18?,22?,23-/m0/s1. The smallest absolute Gasteiger partial charge is 0.240 e. The van der Waals surface area contributed by atoms with Crippen molar-refractivity contribution in [2.45, 2.75) is 58.1 Å². The van der Waals surface area contributed by atoms with E-state index in [1.807, 2.05) is 38.1 Å². The molecule has 0 bridgehead atoms. The molecule has 2 saturated heterocycles. The fourth-order valence-electron chi connectivity index (χ4n) is 4.81. The van der Waals surface area contributed by atoms with E-state index in [-0.39, 0.29) is 24.2 Å². The first-order valence-electron chi connectivity index (χ1n) is 12.4. The zero-order valence-corrected chi connectivity index (χ0v) is 20.6. The third-order valence-electron chi connectivity index (χ3n) is 6.78. The van der Waals surface area contributed by atoms with Gasteiger partial charge in [-0.1, -0.05) is 26.0 Å². The van der Waals surface area contributed by atoms with Crippen molar-refractivity contribution in [1.29, 1.82) is 0 Å². The van der Waals surface area contributed by atoms with Crippen molar-refractivity contribution in [2.75, 3.05) is 45.2 Å². The molecule has 34 heavy (non-hydrogen) atoms. The Bertz CT molecular complexity index is 963. The maximum atomic E-state index is 12.0. The zero-order valence-electron chi connectivity index (χ0n) is 20.6. The van der Waals surface area contributed by atoms with Gasteiger partial charge in [-0.05, 0) is 37.3 Å². The molecule has 1 amide bonds. The van der Waals surface area contributed by atoms with Crippen LogP contribution in [-0.4, -0.2) is 83.9 Å². The lowest BCUT2D eigenvalue weighted by Crippen LogP contribution is -2.49. The van der Waals surface area contributed by atoms with Crippen LogP contribution in [0.5, 0.6) is 0 Å². The molecule has 4 rings (SSSR count). The molecular weight excluding hydrogens is 432 g/mol. The van der Waals surface area contributed by atoms with Crippen LogP contribution in [0.1, 0.15) is 38.9 Å². The summed E-state index contributed by atoms with van der Waals surface area (Å²) >= 11 is 0. The zero-order chi connectivity index (χ0) is 24.1. The van der Waals surface area contributed by atoms with Gasteiger partial charge >= 0.3 is 0 Å². The molecule has 9 nitrogen and oxygen atoms in total. The molecular formula is C25H38N6O3. The number of benzene rings is 1. The van der Waals surface area contributed by atoms with Crippen LogP contribution in [0.3, 0.4) is 0 Å². The Kier molecular flexibility index (Phi) is 8.31. The van der Waals surface area contributed by atoms with Gasteiger partial charge in [-0.3, -0.25) is 14.6 Å². The molecule has 186 valence electrons. The molecule has 2 aliphatic heterocycles. The summed E-state index contributed by atoms with van der Waals surface area (Å²) in [6, 6.07) is 7.39. The van der Waals surface area contributed by atoms with E-state index in [0.717, 1.165) is 68.7 Å². The van der Waals surface area contributed by atoms with E-state index in [4.69, 9.17) is 25.2 Å². The minimum absolute atomic E-state index is 0.0510. The first kappa shape index (κ1) is 24.8. The average molecular weight is 471 g/mol. The quantitative estimate of drug-likeness (QED) is 0.575. The van der Waals surface area contributed by atoms with Gasteiger partial charge in [0.15, 0.2) is 6.29 Å². The van der Waals surface area contributed by atoms with Crippen molar-refractivity contribution in [3.63, 3.8) is 0 Å². The Hall–Kier alpha value is -2.33. The number of aromatic nitrogens is 2. The van der Waals surface area contributed by atoms with Crippen molar-refractivity contribution < 1.29 is 14.3 Å². The van der Waals surface area contributed by atoms with Gasteiger partial charge in [0.1, 0.15) is 17.7 Å². The number of anilines is 1. The second kappa shape index (κ2) is 11.4. The third kappa shape index (κ3) is 6.21. The number of methoxy groups -OCH3 is 1. The number of nitrogens with zero attached hydrogens (tertiary/aromatic N) is 4. The number of amides is 1. The minimum Gasteiger partial charge on any atom is -0.368 e. The molecule has 2 unspecified atom stereocenters. The van der Waals surface area contributed by atoms with E-state index in [9.17, 15) is 4.79 Å². The number of para-hydroxylation sites is 1. The van der Waals surface area contributed by atoms with Gasteiger partial charge in [-0.15, -0.1) is 0 Å². The number of rotatable bonds is 9. The molecule has 2 aliphatic rings. The summed E-state index contributed by atoms with van der Waals surface area (Å²) in [4.78, 5) is 26.5. The monoisotopic (exact) mass is 470 g/mol. The number of hydrogen-bond acceptors (Lipinski definition) is 8. The van der Waals surface area contributed by atoms with Gasteiger partial charge in [-0.2, -0.15) is 0 Å². The van der Waals surface area contributed by atoms with Crippen molar-refractivity contribution in [1.82, 2.24) is 19.8 Å². The lowest BCUT2D eigenvalue weighted by atomic mass is 10.0. The summed E-state index contributed by atoms with van der Waals surface area (Å²) in [5, 5.41) is 4.18. The number of carbonyl (C=O) groups is 1. The first-order chi connectivity index (χ1) is 16.4. The Morgan fingerprint density at radius 3 is 2.62 bits per heavy atom. The summed E-state index contributed by atoms with van der Waals surface area (Å²) < 4.78 is 11.4. The fraction of sp³-hybridized carbons (Fsp3) is 0.640. The van der Waals surface area contributed by atoms with Gasteiger partial charge in [0, 0.05) is 45.2 Å². The molecule has 0 radical (unpaired) electrons. The van der Waals surface area contributed by atoms with E-state index < -0.39 is 6.04 Å². The molecule has 1 aromatic carbocycles. The predicted octanol–water partition coefficient (Wildman–Crippen LogP) is 2.21. The van der Waals surface area contributed by atoms with Crippen LogP contribution in [-0.2, 0) is 20.8 Å². The maximum absolute atomic E-state index is 12.0. The SMILES string of the molecule is COC1CCCC(CN2CCN(Cc3nc(N[C@H](C(N)=O)C(C)C)c4ccccc4n3)CC2)O1. The lowest BCUT2D eigenvalue weighted by molar-refractivity contribution is -0.184. The first-order valence-corrected chi connectivity index (χ1v) is 12.4. The van der Waals surface area contributed by atoms with E-state index in [0.29, 0.717) is 12.4 Å². The van der Waals surface area contributed by atoms with E-state index in [1.54, 1.807) is 7.11 Å². The van der Waals surface area contributed by atoms with E-state index in [2.05, 4.69) is 15.1 Å². The number of nitrogens with two attached hydrogens (primary N) is 1. The summed E-state index contributed by atoms with van der Waals surface area (Å²) in [5.41, 5.74) is 6.50. The molecule has 3 atom stereocenters. The van der Waals surface area contributed by atoms with Crippen LogP contribution >= 0.6 is 0 Å². The van der Waals surface area contributed by atoms with Gasteiger partial charge < -0.3 is 20.5 Å². The Labute approximate surface area is 202 Å². The highest BCUT2D eigenvalue weighted by Crippen LogP contribution is 2.24. The highest BCUT2D eigenvalue weighted by atomic mass is 16.7. The lowest BCUT2D eigenvalue weighted by Gasteiger charge is -2.38. The van der Waals surface area contributed by atoms with E-state index >= 15 is 0 Å². The predicted molar refractivity (Wildman–Crippen MR) is 132 cm³/mol. The third-order valence-corrected chi connectivity index (χ3v) is 6.78. The molecule has 1 aromatic heterocycles. The van der Waals surface area contributed by atoms with Crippen LogP contribution < -0.4 is 11.1 Å². The summed E-state index contributed by atoms with van der Waals surface area (Å²) in [5.74, 6) is 1.09. The highest BCUT2D eigenvalue weighted by molar-refractivity contribution is 5.91. The molecule has 3 heterocycles. The normalized spacial score (nSPS) is 23.3. The number of hydrogen-bond donors (Lipinski definition) is 2. The molecule has 9 heteroatoms. The Morgan fingerprint density at radius 2 is 1.91 bits per heavy atom. The minimum atomic E-state index is -0.491. The maximum Gasteiger partial charge on any atom is 0.240 e. The summed E-state index contributed by atoms with van der Waals surface area (Å²) in [6.07, 6.45) is 3.44. The largest absolute Gasteiger partial charge is 0.368 e. The number of piperazine rings is 1. The van der Waals surface area contributed by atoms with Crippen LogP contribution in [0.15, 0.2) is 24.3 Å². The molecule has 2 aromatic rings. The number of ether oxygens (including phenoxy) is 2. The number of primary amides is 1. The van der Waals surface area contributed by atoms with Crippen molar-refractivity contribution in [2.24, 2.45) is 11.7 Å². The number of carbonyl (C=O) groups excluding carboxylic acids is 1. The Balaban J connectivity index is 1.39. The highest BCUT2D eigenvalue weighted by Gasteiger charge is 2.26. The van der Waals surface area contributed by atoms with Gasteiger partial charge in [-0.25, -0.2) is 9.97 Å². The van der Waals surface area contributed by atoms with Gasteiger partial charge in [0.25, 0.3) is 0 Å². The van der Waals surface area contributed by atoms with Gasteiger partial charge in [0.2, 0.25) is 5.91 Å². The van der Waals surface area contributed by atoms with Crippen LogP contribution in [0, 0.1) is 5.92 Å². The average Bonchev–Trinajstić information content (AvgIpc) is 2.83. The van der Waals surface area contributed by atoms with Crippen molar-refractivity contribution >= 4 is 22.6 Å². The molecule has 3 N–H and O–H groups in total. The van der Waals surface area contributed by atoms with Crippen molar-refractivity contribution in [3.05, 3.63) is 30.1 Å². The molecule has 0 aliphatic carbocycles. The van der Waals surface area contributed by atoms with Gasteiger partial charge in [0.05, 0.1) is 18.2 Å². The van der Waals surface area contributed by atoms with Crippen molar-refractivity contribution in [3.8, 4) is 0 Å². The second-order valence-corrected chi connectivity index (χ2v) is 9.70. The van der Waals surface area contributed by atoms with E-state index in [1.165, 1.54) is 0 Å². The summed E-state index contributed by atoms with van der Waals surface area (Å²) in [7, 11) is 1.72. The number of nitrogens with one attached hydrogen (secondary N) is 1. The fourth-order valence-corrected chi connectivity index (χ4v) is 4.81. The second-order valence-electron chi connectivity index (χ2n) is 9.70. The van der Waals surface area contributed by atoms with Crippen LogP contribution in [0.4, 0.5) is 5.82 Å². The Morgan fingerprint density at radius 1 is 1.18 bits per heavy atom. The van der Waals surface area contributed by atoms with Crippen LogP contribution in [0.25, 0.3) is 10.9 Å². The number of fused-ring (bicyclic) bond motifs is 1. The topological polar surface area (TPSA) is 106 Å². The molecule has 2 fully saturated rings. The molecule has 0 spiro atoms.